The van der Waals surface area contributed by atoms with Crippen LogP contribution in [0.1, 0.15) is 24.3 Å². The van der Waals surface area contributed by atoms with Gasteiger partial charge in [0.25, 0.3) is 0 Å². The molecule has 0 bridgehead atoms. The van der Waals surface area contributed by atoms with E-state index < -0.39 is 0 Å². The van der Waals surface area contributed by atoms with Gasteiger partial charge in [0, 0.05) is 30.2 Å². The highest BCUT2D eigenvalue weighted by molar-refractivity contribution is 7.98. The third-order valence-corrected chi connectivity index (χ3v) is 7.30. The van der Waals surface area contributed by atoms with Crippen LogP contribution in [0.5, 0.6) is 0 Å². The van der Waals surface area contributed by atoms with Crippen molar-refractivity contribution in [2.24, 2.45) is 5.92 Å². The molecule has 1 aliphatic rings. The lowest BCUT2D eigenvalue weighted by Gasteiger charge is -2.30. The highest BCUT2D eigenvalue weighted by Crippen LogP contribution is 2.25. The van der Waals surface area contributed by atoms with Crippen molar-refractivity contribution in [1.82, 2.24) is 20.4 Å². The van der Waals surface area contributed by atoms with Crippen molar-refractivity contribution in [3.05, 3.63) is 70.0 Å². The van der Waals surface area contributed by atoms with E-state index in [-0.39, 0.29) is 11.8 Å². The fourth-order valence-electron chi connectivity index (χ4n) is 3.84. The number of carbonyl (C=O) groups excluding carboxylic acids is 1. The van der Waals surface area contributed by atoms with Crippen molar-refractivity contribution in [1.29, 1.82) is 0 Å². The molecule has 9 heteroatoms. The van der Waals surface area contributed by atoms with Gasteiger partial charge in [0.15, 0.2) is 0 Å². The van der Waals surface area contributed by atoms with Crippen LogP contribution < -0.4 is 5.32 Å². The van der Waals surface area contributed by atoms with Gasteiger partial charge in [0.1, 0.15) is 0 Å². The van der Waals surface area contributed by atoms with Gasteiger partial charge >= 0.3 is 0 Å². The lowest BCUT2D eigenvalue weighted by molar-refractivity contribution is -0.126. The minimum absolute atomic E-state index is 0.0182. The average molecular weight is 505 g/mol. The number of nitrogens with zero attached hydrogens (tertiary/aromatic N) is 3. The second kappa shape index (κ2) is 11.9. The van der Waals surface area contributed by atoms with Crippen LogP contribution in [0.15, 0.2) is 53.1 Å². The zero-order valence-electron chi connectivity index (χ0n) is 18.2. The maximum absolute atomic E-state index is 12.7. The molecule has 4 rings (SSSR count). The first kappa shape index (κ1) is 24.1. The molecule has 1 fully saturated rings. The number of nitrogens with one attached hydrogen (secondary N) is 1. The molecule has 6 nitrogen and oxygen atoms in total. The van der Waals surface area contributed by atoms with Crippen molar-refractivity contribution >= 4 is 40.9 Å². The van der Waals surface area contributed by atoms with E-state index in [1.54, 1.807) is 11.8 Å². The SMILES string of the molecule is O=C(NCCSCc1ccc(Cl)c(Cl)c1)C1CCCN(Cc2nc(-c3ccccc3)no2)C1. The second-order valence-corrected chi connectivity index (χ2v) is 9.96. The summed E-state index contributed by atoms with van der Waals surface area (Å²) in [5.41, 5.74) is 2.06. The summed E-state index contributed by atoms with van der Waals surface area (Å²) in [5, 5.41) is 8.31. The quantitative estimate of drug-likeness (QED) is 0.398. The van der Waals surface area contributed by atoms with Crippen LogP contribution in [0.3, 0.4) is 0 Å². The van der Waals surface area contributed by atoms with Crippen LogP contribution in [0.4, 0.5) is 0 Å². The zero-order chi connectivity index (χ0) is 23.0. The Kier molecular flexibility index (Phi) is 8.67. The topological polar surface area (TPSA) is 71.3 Å². The van der Waals surface area contributed by atoms with Crippen LogP contribution in [0.2, 0.25) is 10.0 Å². The van der Waals surface area contributed by atoms with Crippen LogP contribution >= 0.6 is 35.0 Å². The van der Waals surface area contributed by atoms with E-state index in [9.17, 15) is 4.79 Å². The van der Waals surface area contributed by atoms with E-state index in [2.05, 4.69) is 20.4 Å². The molecule has 0 spiro atoms. The number of amides is 1. The highest BCUT2D eigenvalue weighted by Gasteiger charge is 2.26. The fourth-order valence-corrected chi connectivity index (χ4v) is 4.96. The Balaban J connectivity index is 1.18. The molecule has 1 saturated heterocycles. The number of hydrogen-bond acceptors (Lipinski definition) is 6. The van der Waals surface area contributed by atoms with Gasteiger partial charge in [0.05, 0.1) is 22.5 Å². The summed E-state index contributed by atoms with van der Waals surface area (Å²) >= 11 is 13.8. The van der Waals surface area contributed by atoms with Crippen molar-refractivity contribution in [2.45, 2.75) is 25.1 Å². The summed E-state index contributed by atoms with van der Waals surface area (Å²) in [7, 11) is 0. The van der Waals surface area contributed by atoms with Crippen molar-refractivity contribution in [2.75, 3.05) is 25.4 Å². The monoisotopic (exact) mass is 504 g/mol. The number of rotatable bonds is 9. The molecular weight excluding hydrogens is 479 g/mol. The van der Waals surface area contributed by atoms with Gasteiger partial charge in [-0.25, -0.2) is 0 Å². The Morgan fingerprint density at radius 2 is 2.03 bits per heavy atom. The van der Waals surface area contributed by atoms with Crippen molar-refractivity contribution in [3.8, 4) is 11.4 Å². The van der Waals surface area contributed by atoms with Gasteiger partial charge < -0.3 is 9.84 Å². The van der Waals surface area contributed by atoms with E-state index >= 15 is 0 Å². The maximum Gasteiger partial charge on any atom is 0.241 e. The molecule has 1 aromatic heterocycles. The van der Waals surface area contributed by atoms with Gasteiger partial charge in [-0.2, -0.15) is 16.7 Å². The summed E-state index contributed by atoms with van der Waals surface area (Å²) in [6.45, 7) is 2.83. The molecule has 2 aromatic carbocycles. The Bertz CT molecular complexity index is 1060. The van der Waals surface area contributed by atoms with Crippen LogP contribution in [-0.4, -0.2) is 46.3 Å². The number of likely N-dealkylation sites (tertiary alicyclic amines) is 1. The van der Waals surface area contributed by atoms with E-state index in [1.807, 2.05) is 48.5 Å². The Morgan fingerprint density at radius 3 is 2.85 bits per heavy atom. The van der Waals surface area contributed by atoms with Crippen LogP contribution in [0.25, 0.3) is 11.4 Å². The standard InChI is InChI=1S/C24H26Cl2N4O2S/c25-20-9-8-17(13-21(20)26)16-33-12-10-27-24(31)19-7-4-11-30(14-19)15-22-28-23(29-32-22)18-5-2-1-3-6-18/h1-3,5-6,8-9,13,19H,4,7,10-12,14-16H2,(H,27,31). The molecule has 1 amide bonds. The van der Waals surface area contributed by atoms with Gasteiger partial charge in [-0.05, 0) is 37.1 Å². The van der Waals surface area contributed by atoms with Crippen molar-refractivity contribution < 1.29 is 9.32 Å². The third kappa shape index (κ3) is 6.96. The third-order valence-electron chi connectivity index (χ3n) is 5.53. The first-order valence-corrected chi connectivity index (χ1v) is 12.9. The smallest absolute Gasteiger partial charge is 0.241 e. The number of benzene rings is 2. The number of thioether (sulfide) groups is 1. The van der Waals surface area contributed by atoms with Gasteiger partial charge in [-0.1, -0.05) is 64.8 Å². The largest absolute Gasteiger partial charge is 0.355 e. The first-order valence-electron chi connectivity index (χ1n) is 11.0. The predicted molar refractivity (Wildman–Crippen MR) is 133 cm³/mol. The maximum atomic E-state index is 12.7. The van der Waals surface area contributed by atoms with E-state index in [1.165, 1.54) is 0 Å². The summed E-state index contributed by atoms with van der Waals surface area (Å²) in [5.74, 6) is 2.94. The lowest BCUT2D eigenvalue weighted by atomic mass is 9.97. The molecule has 3 aromatic rings. The molecule has 0 radical (unpaired) electrons. The Morgan fingerprint density at radius 1 is 1.18 bits per heavy atom. The number of aromatic nitrogens is 2. The Hall–Kier alpha value is -2.06. The minimum Gasteiger partial charge on any atom is -0.355 e. The summed E-state index contributed by atoms with van der Waals surface area (Å²) < 4.78 is 5.44. The molecule has 1 atom stereocenters. The summed E-state index contributed by atoms with van der Waals surface area (Å²) in [6, 6.07) is 15.4. The van der Waals surface area contributed by atoms with E-state index in [0.29, 0.717) is 41.4 Å². The van der Waals surface area contributed by atoms with Crippen LogP contribution in [-0.2, 0) is 17.1 Å². The second-order valence-electron chi connectivity index (χ2n) is 8.04. The summed E-state index contributed by atoms with van der Waals surface area (Å²) in [6.07, 6.45) is 1.88. The normalized spacial score (nSPS) is 16.6. The molecular formula is C24H26Cl2N4O2S. The first-order chi connectivity index (χ1) is 16.1. The predicted octanol–water partition coefficient (Wildman–Crippen LogP) is 5.31. The number of halogens is 2. The highest BCUT2D eigenvalue weighted by atomic mass is 35.5. The van der Waals surface area contributed by atoms with Crippen LogP contribution in [0, 0.1) is 5.92 Å². The van der Waals surface area contributed by atoms with Gasteiger partial charge in [0.2, 0.25) is 17.6 Å². The molecule has 1 N–H and O–H groups in total. The molecule has 174 valence electrons. The minimum atomic E-state index is -0.0182. The lowest BCUT2D eigenvalue weighted by Crippen LogP contribution is -2.43. The van der Waals surface area contributed by atoms with Crippen molar-refractivity contribution in [3.63, 3.8) is 0 Å². The van der Waals surface area contributed by atoms with Gasteiger partial charge in [-0.15, -0.1) is 0 Å². The number of piperidine rings is 1. The zero-order valence-corrected chi connectivity index (χ0v) is 20.5. The number of hydrogen-bond donors (Lipinski definition) is 1. The van der Waals surface area contributed by atoms with E-state index in [4.69, 9.17) is 27.7 Å². The summed E-state index contributed by atoms with van der Waals surface area (Å²) in [4.78, 5) is 19.4. The fraction of sp³-hybridized carbons (Fsp3) is 0.375. The molecule has 1 aliphatic heterocycles. The molecule has 33 heavy (non-hydrogen) atoms. The molecule has 2 heterocycles. The molecule has 1 unspecified atom stereocenters. The average Bonchev–Trinajstić information content (AvgIpc) is 3.30. The Labute approximate surface area is 208 Å². The molecule has 0 aliphatic carbocycles. The van der Waals surface area contributed by atoms with Gasteiger partial charge in [-0.3, -0.25) is 9.69 Å². The number of carbonyl (C=O) groups is 1. The van der Waals surface area contributed by atoms with E-state index in [0.717, 1.165) is 42.0 Å². The molecule has 0 saturated carbocycles.